The van der Waals surface area contributed by atoms with Crippen molar-refractivity contribution in [1.29, 1.82) is 0 Å². The van der Waals surface area contributed by atoms with Crippen LogP contribution in [-0.2, 0) is 16.0 Å². The van der Waals surface area contributed by atoms with E-state index >= 15 is 0 Å². The normalized spacial score (nSPS) is 32.2. The number of phenols is 2. The topological polar surface area (TPSA) is 107 Å². The van der Waals surface area contributed by atoms with E-state index in [0.29, 0.717) is 29.7 Å². The average Bonchev–Trinajstić information content (AvgIpc) is 2.97. The molecule has 1 aromatic carbocycles. The minimum Gasteiger partial charge on any atom is -0.504 e. The first kappa shape index (κ1) is 19.4. The van der Waals surface area contributed by atoms with Crippen molar-refractivity contribution in [3.63, 3.8) is 0 Å². The highest BCUT2D eigenvalue weighted by atomic mass is 32.1. The van der Waals surface area contributed by atoms with E-state index in [1.54, 1.807) is 6.07 Å². The molecule has 5 atom stereocenters. The first-order valence-electron chi connectivity index (χ1n) is 9.99. The van der Waals surface area contributed by atoms with E-state index < -0.39 is 12.0 Å². The Morgan fingerprint density at radius 1 is 1.32 bits per heavy atom. The molecule has 0 heterocycles. The van der Waals surface area contributed by atoms with Crippen LogP contribution in [0.3, 0.4) is 0 Å². The van der Waals surface area contributed by atoms with Gasteiger partial charge in [-0.25, -0.2) is 4.79 Å². The van der Waals surface area contributed by atoms with Crippen LogP contribution in [0.1, 0.15) is 56.1 Å². The molecule has 1 aromatic rings. The molecule has 0 aromatic heterocycles. The SMILES string of the molecule is C[C@]12CCC3c4c(cc(O)c(O)c4N[C@@H](CS)C(=O)O)CCC3C1CCC2=O. The van der Waals surface area contributed by atoms with E-state index in [9.17, 15) is 24.9 Å². The lowest BCUT2D eigenvalue weighted by atomic mass is 9.55. The maximum absolute atomic E-state index is 12.5. The highest BCUT2D eigenvalue weighted by Crippen LogP contribution is 2.61. The van der Waals surface area contributed by atoms with Crippen molar-refractivity contribution in [2.24, 2.45) is 17.3 Å². The Morgan fingerprint density at radius 2 is 2.07 bits per heavy atom. The number of thiol groups is 1. The molecule has 3 aliphatic rings. The minimum absolute atomic E-state index is 0.0580. The van der Waals surface area contributed by atoms with Crippen LogP contribution in [-0.4, -0.2) is 38.9 Å². The molecule has 2 saturated carbocycles. The van der Waals surface area contributed by atoms with Gasteiger partial charge in [0.25, 0.3) is 0 Å². The Labute approximate surface area is 169 Å². The highest BCUT2D eigenvalue weighted by Gasteiger charge is 2.55. The van der Waals surface area contributed by atoms with E-state index in [-0.39, 0.29) is 28.6 Å². The lowest BCUT2D eigenvalue weighted by Crippen LogP contribution is -2.43. The lowest BCUT2D eigenvalue weighted by molar-refractivity contribution is -0.137. The summed E-state index contributed by atoms with van der Waals surface area (Å²) in [7, 11) is 0. The summed E-state index contributed by atoms with van der Waals surface area (Å²) in [4.78, 5) is 24.0. The van der Waals surface area contributed by atoms with Gasteiger partial charge in [-0.1, -0.05) is 6.92 Å². The monoisotopic (exact) mass is 405 g/mol. The summed E-state index contributed by atoms with van der Waals surface area (Å²) in [5.74, 6) is -0.356. The van der Waals surface area contributed by atoms with E-state index in [4.69, 9.17) is 0 Å². The predicted octanol–water partition coefficient (Wildman–Crippen LogP) is 3.32. The quantitative estimate of drug-likeness (QED) is 0.389. The Balaban J connectivity index is 1.78. The molecule has 28 heavy (non-hydrogen) atoms. The van der Waals surface area contributed by atoms with Crippen molar-refractivity contribution >= 4 is 30.1 Å². The van der Waals surface area contributed by atoms with Crippen molar-refractivity contribution in [3.8, 4) is 11.5 Å². The number of hydrogen-bond donors (Lipinski definition) is 5. The van der Waals surface area contributed by atoms with Crippen LogP contribution in [0, 0.1) is 17.3 Å². The molecular formula is C21H27NO5S. The van der Waals surface area contributed by atoms with Gasteiger partial charge in [0, 0.05) is 17.6 Å². The van der Waals surface area contributed by atoms with Crippen LogP contribution >= 0.6 is 12.6 Å². The number of phenolic OH excluding ortho intramolecular Hbond substituents is 2. The fraction of sp³-hybridized carbons (Fsp3) is 0.619. The van der Waals surface area contributed by atoms with Gasteiger partial charge in [-0.15, -0.1) is 0 Å². The number of carboxylic acid groups (broad SMARTS) is 1. The standard InChI is InChI=1S/C21H27NO5S/c1-21-7-6-12-11(13(21)4-5-16(21)24)3-2-10-8-15(23)19(25)18(17(10)12)22-14(9-28)20(26)27/h8,11-14,22-23,25,28H,2-7,9H2,1H3,(H,26,27)/t11?,12?,13?,14-,21-/m0/s1. The molecule has 6 nitrogen and oxygen atoms in total. The summed E-state index contributed by atoms with van der Waals surface area (Å²) in [6.07, 6.45) is 4.89. The van der Waals surface area contributed by atoms with E-state index in [2.05, 4.69) is 24.9 Å². The zero-order valence-corrected chi connectivity index (χ0v) is 16.8. The Morgan fingerprint density at radius 3 is 2.75 bits per heavy atom. The molecule has 7 heteroatoms. The van der Waals surface area contributed by atoms with Gasteiger partial charge in [-0.2, -0.15) is 12.6 Å². The molecule has 0 aliphatic heterocycles. The van der Waals surface area contributed by atoms with Crippen molar-refractivity contribution < 1.29 is 24.9 Å². The number of aryl methyl sites for hydroxylation is 1. The van der Waals surface area contributed by atoms with E-state index in [1.807, 2.05) is 0 Å². The van der Waals surface area contributed by atoms with Gasteiger partial charge in [0.2, 0.25) is 0 Å². The second-order valence-electron chi connectivity index (χ2n) is 8.74. The third kappa shape index (κ3) is 2.78. The summed E-state index contributed by atoms with van der Waals surface area (Å²) in [5, 5.41) is 33.1. The maximum atomic E-state index is 12.5. The third-order valence-corrected chi connectivity index (χ3v) is 7.83. The number of ketones is 1. The van der Waals surface area contributed by atoms with Gasteiger partial charge >= 0.3 is 5.97 Å². The Hall–Kier alpha value is -1.89. The molecule has 0 radical (unpaired) electrons. The minimum atomic E-state index is -1.06. The molecule has 0 bridgehead atoms. The molecule has 0 amide bonds. The molecule has 0 spiro atoms. The second-order valence-corrected chi connectivity index (χ2v) is 9.11. The first-order chi connectivity index (χ1) is 13.3. The van der Waals surface area contributed by atoms with Gasteiger partial charge in [0.05, 0.1) is 5.69 Å². The summed E-state index contributed by atoms with van der Waals surface area (Å²) in [5.41, 5.74) is 1.94. The molecule has 4 rings (SSSR count). The number of hydrogen-bond acceptors (Lipinski definition) is 6. The number of nitrogens with one attached hydrogen (secondary N) is 1. The van der Waals surface area contributed by atoms with Gasteiger partial charge in [-0.3, -0.25) is 4.79 Å². The number of rotatable bonds is 4. The summed E-state index contributed by atoms with van der Waals surface area (Å²) < 4.78 is 0. The van der Waals surface area contributed by atoms with Crippen LogP contribution in [0.5, 0.6) is 11.5 Å². The molecule has 152 valence electrons. The molecule has 0 saturated heterocycles. The fourth-order valence-corrected chi connectivity index (χ4v) is 6.25. The van der Waals surface area contributed by atoms with Gasteiger partial charge in [0.15, 0.2) is 11.5 Å². The van der Waals surface area contributed by atoms with Gasteiger partial charge in [-0.05, 0) is 67.1 Å². The zero-order chi connectivity index (χ0) is 20.2. The molecular weight excluding hydrogens is 378 g/mol. The van der Waals surface area contributed by atoms with Crippen molar-refractivity contribution in [1.82, 2.24) is 0 Å². The molecule has 3 aliphatic carbocycles. The first-order valence-corrected chi connectivity index (χ1v) is 10.6. The van der Waals surface area contributed by atoms with Crippen LogP contribution in [0.2, 0.25) is 0 Å². The predicted molar refractivity (Wildman–Crippen MR) is 108 cm³/mol. The van der Waals surface area contributed by atoms with Gasteiger partial charge in [0.1, 0.15) is 11.8 Å². The fourth-order valence-electron chi connectivity index (χ4n) is 6.01. The maximum Gasteiger partial charge on any atom is 0.326 e. The number of carboxylic acids is 1. The Kier molecular flexibility index (Phi) is 4.76. The zero-order valence-electron chi connectivity index (χ0n) is 15.9. The number of benzene rings is 1. The highest BCUT2D eigenvalue weighted by molar-refractivity contribution is 7.80. The van der Waals surface area contributed by atoms with Crippen molar-refractivity contribution in [3.05, 3.63) is 17.2 Å². The number of carbonyl (C=O) groups is 2. The van der Waals surface area contributed by atoms with E-state index in [0.717, 1.165) is 43.2 Å². The van der Waals surface area contributed by atoms with Crippen LogP contribution < -0.4 is 5.32 Å². The van der Waals surface area contributed by atoms with Gasteiger partial charge < -0.3 is 20.6 Å². The van der Waals surface area contributed by atoms with Crippen molar-refractivity contribution in [2.75, 3.05) is 11.1 Å². The summed E-state index contributed by atoms with van der Waals surface area (Å²) in [6, 6.07) is 0.637. The summed E-state index contributed by atoms with van der Waals surface area (Å²) >= 11 is 4.11. The molecule has 3 unspecified atom stereocenters. The number of fused-ring (bicyclic) bond motifs is 5. The lowest BCUT2D eigenvalue weighted by Gasteiger charge is -2.48. The van der Waals surface area contributed by atoms with E-state index in [1.165, 1.54) is 0 Å². The van der Waals surface area contributed by atoms with Crippen LogP contribution in [0.4, 0.5) is 5.69 Å². The smallest absolute Gasteiger partial charge is 0.326 e. The number of carbonyl (C=O) groups excluding carboxylic acids is 1. The average molecular weight is 406 g/mol. The largest absolute Gasteiger partial charge is 0.504 e. The van der Waals surface area contributed by atoms with Crippen LogP contribution in [0.25, 0.3) is 0 Å². The third-order valence-electron chi connectivity index (χ3n) is 7.47. The number of aromatic hydroxyl groups is 2. The van der Waals surface area contributed by atoms with Crippen LogP contribution in [0.15, 0.2) is 6.07 Å². The summed E-state index contributed by atoms with van der Waals surface area (Å²) in [6.45, 7) is 2.10. The molecule has 4 N–H and O–H groups in total. The Bertz CT molecular complexity index is 841. The second kappa shape index (κ2) is 6.87. The number of aliphatic carboxylic acids is 1. The van der Waals surface area contributed by atoms with Crippen molar-refractivity contribution in [2.45, 2.75) is 57.4 Å². The number of Topliss-reactive ketones (excluding diaryl/α,β-unsaturated/α-hetero) is 1. The number of anilines is 1. The molecule has 2 fully saturated rings.